The lowest BCUT2D eigenvalue weighted by Crippen LogP contribution is -2.24. The molecule has 0 saturated carbocycles. The first-order valence-electron chi connectivity index (χ1n) is 8.59. The van der Waals surface area contributed by atoms with Gasteiger partial charge in [0.15, 0.2) is 11.5 Å². The van der Waals surface area contributed by atoms with E-state index in [0.717, 1.165) is 27.2 Å². The molecule has 27 heavy (non-hydrogen) atoms. The summed E-state index contributed by atoms with van der Waals surface area (Å²) in [7, 11) is 1.64. The van der Waals surface area contributed by atoms with Gasteiger partial charge in [0.05, 0.1) is 24.9 Å². The predicted molar refractivity (Wildman–Crippen MR) is 108 cm³/mol. The van der Waals surface area contributed by atoms with Gasteiger partial charge in [-0.05, 0) is 56.3 Å². The number of hydrogen-bond acceptors (Lipinski definition) is 8. The van der Waals surface area contributed by atoms with E-state index in [0.29, 0.717) is 18.1 Å². The highest BCUT2D eigenvalue weighted by Crippen LogP contribution is 2.34. The summed E-state index contributed by atoms with van der Waals surface area (Å²) < 4.78 is 12.8. The van der Waals surface area contributed by atoms with Gasteiger partial charge in [0.2, 0.25) is 5.16 Å². The van der Waals surface area contributed by atoms with Gasteiger partial charge < -0.3 is 9.47 Å². The molecule has 0 spiro atoms. The van der Waals surface area contributed by atoms with Gasteiger partial charge in [0.25, 0.3) is 0 Å². The number of ether oxygens (including phenoxy) is 2. The molecule has 0 aliphatic heterocycles. The van der Waals surface area contributed by atoms with E-state index in [4.69, 9.17) is 14.5 Å². The molecule has 3 rings (SSSR count). The highest BCUT2D eigenvalue weighted by molar-refractivity contribution is 7.98. The summed E-state index contributed by atoms with van der Waals surface area (Å²) in [6.07, 6.45) is 0. The molecule has 0 radical (unpaired) electrons. The molecule has 144 valence electrons. The van der Waals surface area contributed by atoms with Crippen molar-refractivity contribution in [2.75, 3.05) is 13.7 Å². The quantitative estimate of drug-likeness (QED) is 0.544. The number of thiazole rings is 1. The first kappa shape index (κ1) is 19.6. The van der Waals surface area contributed by atoms with E-state index in [-0.39, 0.29) is 5.54 Å². The Bertz CT molecular complexity index is 901. The van der Waals surface area contributed by atoms with E-state index in [1.165, 1.54) is 0 Å². The highest BCUT2D eigenvalue weighted by atomic mass is 32.2. The minimum Gasteiger partial charge on any atom is -0.493 e. The molecular weight excluding hydrogens is 382 g/mol. The molecule has 3 aromatic rings. The first-order valence-corrected chi connectivity index (χ1v) is 10.5. The molecule has 0 fully saturated rings. The van der Waals surface area contributed by atoms with Crippen LogP contribution in [0.1, 0.15) is 33.4 Å². The van der Waals surface area contributed by atoms with Gasteiger partial charge in [-0.15, -0.1) is 16.4 Å². The lowest BCUT2D eigenvalue weighted by Gasteiger charge is -2.19. The smallest absolute Gasteiger partial charge is 0.210 e. The Morgan fingerprint density at radius 1 is 1.22 bits per heavy atom. The summed E-state index contributed by atoms with van der Waals surface area (Å²) in [5.74, 6) is 2.16. The van der Waals surface area contributed by atoms with Crippen LogP contribution in [0, 0.1) is 0 Å². The summed E-state index contributed by atoms with van der Waals surface area (Å²) >= 11 is 3.19. The first-order chi connectivity index (χ1) is 12.9. The standard InChI is InChI=1S/C18H23N5O2S2/c1-6-25-14-8-7-12(9-15(14)24-5)16-19-13(10-26-16)11-27-17-20-21-22-23(17)18(2,3)4/h7-10H,6,11H2,1-5H3. The van der Waals surface area contributed by atoms with Crippen molar-refractivity contribution >= 4 is 23.1 Å². The largest absolute Gasteiger partial charge is 0.493 e. The second kappa shape index (κ2) is 8.26. The Morgan fingerprint density at radius 3 is 2.74 bits per heavy atom. The zero-order valence-corrected chi connectivity index (χ0v) is 17.7. The average molecular weight is 406 g/mol. The van der Waals surface area contributed by atoms with Gasteiger partial charge in [-0.25, -0.2) is 9.67 Å². The Morgan fingerprint density at radius 2 is 2.04 bits per heavy atom. The Hall–Kier alpha value is -2.13. The van der Waals surface area contributed by atoms with Crippen LogP contribution >= 0.6 is 23.1 Å². The Labute approximate surface area is 167 Å². The van der Waals surface area contributed by atoms with E-state index in [1.807, 2.05) is 29.8 Å². The number of thioether (sulfide) groups is 1. The number of aromatic nitrogens is 5. The number of tetrazole rings is 1. The second-order valence-corrected chi connectivity index (χ2v) is 8.58. The topological polar surface area (TPSA) is 75.0 Å². The lowest BCUT2D eigenvalue weighted by atomic mass is 10.1. The average Bonchev–Trinajstić information content (AvgIpc) is 3.29. The van der Waals surface area contributed by atoms with Crippen LogP contribution in [0.3, 0.4) is 0 Å². The van der Waals surface area contributed by atoms with Crippen molar-refractivity contribution in [3.63, 3.8) is 0 Å². The van der Waals surface area contributed by atoms with Crippen molar-refractivity contribution in [1.29, 1.82) is 0 Å². The fourth-order valence-electron chi connectivity index (χ4n) is 2.41. The number of benzene rings is 1. The third-order valence-electron chi connectivity index (χ3n) is 3.69. The van der Waals surface area contributed by atoms with Crippen LogP contribution < -0.4 is 9.47 Å². The van der Waals surface area contributed by atoms with Crippen LogP contribution in [0.15, 0.2) is 28.7 Å². The van der Waals surface area contributed by atoms with Crippen LogP contribution in [0.25, 0.3) is 10.6 Å². The molecule has 0 amide bonds. The number of hydrogen-bond donors (Lipinski definition) is 0. The number of rotatable bonds is 7. The summed E-state index contributed by atoms with van der Waals surface area (Å²) in [6.45, 7) is 8.78. The van der Waals surface area contributed by atoms with Gasteiger partial charge in [0.1, 0.15) is 5.01 Å². The zero-order valence-electron chi connectivity index (χ0n) is 16.1. The Balaban J connectivity index is 1.73. The van der Waals surface area contributed by atoms with Crippen molar-refractivity contribution < 1.29 is 9.47 Å². The maximum atomic E-state index is 5.58. The van der Waals surface area contributed by atoms with Crippen LogP contribution in [0.5, 0.6) is 11.5 Å². The van der Waals surface area contributed by atoms with E-state index in [2.05, 4.69) is 41.7 Å². The maximum absolute atomic E-state index is 5.58. The molecule has 0 aliphatic carbocycles. The summed E-state index contributed by atoms with van der Waals surface area (Å²) in [4.78, 5) is 4.75. The zero-order chi connectivity index (χ0) is 19.4. The molecule has 0 N–H and O–H groups in total. The van der Waals surface area contributed by atoms with Crippen LogP contribution in [0.4, 0.5) is 0 Å². The monoisotopic (exact) mass is 405 g/mol. The molecule has 2 heterocycles. The van der Waals surface area contributed by atoms with E-state index in [9.17, 15) is 0 Å². The van der Waals surface area contributed by atoms with E-state index < -0.39 is 0 Å². The summed E-state index contributed by atoms with van der Waals surface area (Å²) in [5.41, 5.74) is 1.85. The Kier molecular flexibility index (Phi) is 6.01. The molecular formula is C18H23N5O2S2. The van der Waals surface area contributed by atoms with Gasteiger partial charge in [-0.3, -0.25) is 0 Å². The van der Waals surface area contributed by atoms with Gasteiger partial charge in [0, 0.05) is 16.7 Å². The van der Waals surface area contributed by atoms with Gasteiger partial charge >= 0.3 is 0 Å². The fraction of sp³-hybridized carbons (Fsp3) is 0.444. The van der Waals surface area contributed by atoms with Crippen molar-refractivity contribution in [2.45, 2.75) is 44.1 Å². The molecule has 0 unspecified atom stereocenters. The second-order valence-electron chi connectivity index (χ2n) is 6.78. The maximum Gasteiger partial charge on any atom is 0.210 e. The van der Waals surface area contributed by atoms with Crippen molar-refractivity contribution in [3.05, 3.63) is 29.3 Å². The molecule has 0 saturated heterocycles. The van der Waals surface area contributed by atoms with Crippen molar-refractivity contribution in [3.8, 4) is 22.1 Å². The minimum atomic E-state index is -0.155. The normalized spacial score (nSPS) is 11.6. The van der Waals surface area contributed by atoms with Crippen LogP contribution in [0.2, 0.25) is 0 Å². The molecule has 9 heteroatoms. The highest BCUT2D eigenvalue weighted by Gasteiger charge is 2.20. The lowest BCUT2D eigenvalue weighted by molar-refractivity contribution is 0.311. The minimum absolute atomic E-state index is 0.155. The molecule has 0 bridgehead atoms. The fourth-order valence-corrected chi connectivity index (χ4v) is 4.28. The predicted octanol–water partition coefficient (Wildman–Crippen LogP) is 4.25. The number of methoxy groups -OCH3 is 1. The molecule has 0 aliphatic rings. The third-order valence-corrected chi connectivity index (χ3v) is 5.58. The molecule has 7 nitrogen and oxygen atoms in total. The molecule has 0 atom stereocenters. The van der Waals surface area contributed by atoms with Crippen molar-refractivity contribution in [2.24, 2.45) is 0 Å². The summed E-state index contributed by atoms with van der Waals surface area (Å²) in [5, 5.41) is 15.8. The number of nitrogens with zero attached hydrogens (tertiary/aromatic N) is 5. The summed E-state index contributed by atoms with van der Waals surface area (Å²) in [6, 6.07) is 5.88. The van der Waals surface area contributed by atoms with E-state index >= 15 is 0 Å². The van der Waals surface area contributed by atoms with Crippen LogP contribution in [-0.2, 0) is 11.3 Å². The molecule has 1 aromatic carbocycles. The van der Waals surface area contributed by atoms with Crippen molar-refractivity contribution in [1.82, 2.24) is 25.2 Å². The van der Waals surface area contributed by atoms with Crippen LogP contribution in [-0.4, -0.2) is 38.9 Å². The molecule has 2 aromatic heterocycles. The van der Waals surface area contributed by atoms with E-state index in [1.54, 1.807) is 30.2 Å². The SMILES string of the molecule is CCOc1ccc(-c2nc(CSc3nnnn3C(C)(C)C)cs2)cc1OC. The van der Waals surface area contributed by atoms with Gasteiger partial charge in [-0.2, -0.15) is 0 Å². The third kappa shape index (κ3) is 4.59. The van der Waals surface area contributed by atoms with Gasteiger partial charge in [-0.1, -0.05) is 11.8 Å².